The molecule has 0 amide bonds. The van der Waals surface area contributed by atoms with Crippen molar-refractivity contribution in [3.05, 3.63) is 18.2 Å². The zero-order chi connectivity index (χ0) is 18.7. The maximum Gasteiger partial charge on any atom is 0.320 e. The highest BCUT2D eigenvalue weighted by Gasteiger charge is 2.30. The topological polar surface area (TPSA) is 85.4 Å². The van der Waals surface area contributed by atoms with Crippen molar-refractivity contribution in [3.8, 4) is 11.5 Å². The Morgan fingerprint density at radius 1 is 1.12 bits per heavy atom. The number of rotatable bonds is 5. The van der Waals surface area contributed by atoms with E-state index in [4.69, 9.17) is 14.2 Å². The number of sulfonamides is 1. The Hall–Kier alpha value is -1.84. The Bertz CT molecular complexity index is 757. The predicted octanol–water partition coefficient (Wildman–Crippen LogP) is 0.716. The second kappa shape index (κ2) is 7.81. The van der Waals surface area contributed by atoms with Gasteiger partial charge in [-0.05, 0) is 26.0 Å². The third-order valence-corrected chi connectivity index (χ3v) is 6.10. The SMILES string of the molecule is CC(C)OC(=O)CN1CCN(S(=O)(=O)c2ccc3c(c2)OCCO3)CC1. The molecule has 2 heterocycles. The van der Waals surface area contributed by atoms with E-state index in [1.165, 1.54) is 16.4 Å². The lowest BCUT2D eigenvalue weighted by atomic mass is 10.3. The van der Waals surface area contributed by atoms with Crippen LogP contribution in [0, 0.1) is 0 Å². The zero-order valence-electron chi connectivity index (χ0n) is 15.0. The van der Waals surface area contributed by atoms with Gasteiger partial charge in [-0.25, -0.2) is 8.42 Å². The van der Waals surface area contributed by atoms with Crippen LogP contribution in [0.5, 0.6) is 11.5 Å². The number of piperazine rings is 1. The molecule has 8 nitrogen and oxygen atoms in total. The molecule has 1 aromatic carbocycles. The molecular weight excluding hydrogens is 360 g/mol. The quantitative estimate of drug-likeness (QED) is 0.692. The normalized spacial score (nSPS) is 18.7. The molecule has 2 aliphatic rings. The zero-order valence-corrected chi connectivity index (χ0v) is 15.8. The molecule has 0 aliphatic carbocycles. The predicted molar refractivity (Wildman–Crippen MR) is 93.9 cm³/mol. The number of fused-ring (bicyclic) bond motifs is 1. The summed E-state index contributed by atoms with van der Waals surface area (Å²) in [5.74, 6) is 0.721. The molecule has 144 valence electrons. The lowest BCUT2D eigenvalue weighted by Gasteiger charge is -2.33. The number of esters is 1. The van der Waals surface area contributed by atoms with Gasteiger partial charge in [0.1, 0.15) is 13.2 Å². The first-order chi connectivity index (χ1) is 12.4. The molecule has 0 bridgehead atoms. The summed E-state index contributed by atoms with van der Waals surface area (Å²) in [5.41, 5.74) is 0. The fraction of sp³-hybridized carbons (Fsp3) is 0.588. The van der Waals surface area contributed by atoms with Crippen LogP contribution in [-0.4, -0.2) is 75.6 Å². The van der Waals surface area contributed by atoms with Crippen LogP contribution in [-0.2, 0) is 19.6 Å². The van der Waals surface area contributed by atoms with Gasteiger partial charge in [-0.15, -0.1) is 0 Å². The molecule has 1 saturated heterocycles. The van der Waals surface area contributed by atoms with Crippen molar-refractivity contribution in [3.63, 3.8) is 0 Å². The van der Waals surface area contributed by atoms with Crippen LogP contribution in [0.3, 0.4) is 0 Å². The number of nitrogens with zero attached hydrogens (tertiary/aromatic N) is 2. The third kappa shape index (κ3) is 4.28. The molecule has 0 radical (unpaired) electrons. The molecule has 0 spiro atoms. The van der Waals surface area contributed by atoms with Crippen molar-refractivity contribution in [2.45, 2.75) is 24.8 Å². The van der Waals surface area contributed by atoms with E-state index in [1.54, 1.807) is 19.9 Å². The van der Waals surface area contributed by atoms with Crippen LogP contribution < -0.4 is 9.47 Å². The van der Waals surface area contributed by atoms with Gasteiger partial charge in [-0.3, -0.25) is 9.69 Å². The van der Waals surface area contributed by atoms with E-state index in [1.807, 2.05) is 4.90 Å². The summed E-state index contributed by atoms with van der Waals surface area (Å²) < 4.78 is 43.2. The highest BCUT2D eigenvalue weighted by atomic mass is 32.2. The van der Waals surface area contributed by atoms with Crippen molar-refractivity contribution in [1.82, 2.24) is 9.21 Å². The van der Waals surface area contributed by atoms with Gasteiger partial charge in [0.25, 0.3) is 0 Å². The lowest BCUT2D eigenvalue weighted by Crippen LogP contribution is -2.50. The monoisotopic (exact) mass is 384 g/mol. The van der Waals surface area contributed by atoms with Gasteiger partial charge in [-0.2, -0.15) is 4.31 Å². The molecular formula is C17H24N2O6S. The van der Waals surface area contributed by atoms with E-state index >= 15 is 0 Å². The summed E-state index contributed by atoms with van der Waals surface area (Å²) in [4.78, 5) is 13.8. The van der Waals surface area contributed by atoms with Crippen molar-refractivity contribution < 1.29 is 27.4 Å². The minimum Gasteiger partial charge on any atom is -0.486 e. The molecule has 1 aromatic rings. The van der Waals surface area contributed by atoms with Gasteiger partial charge in [-0.1, -0.05) is 0 Å². The van der Waals surface area contributed by atoms with Gasteiger partial charge < -0.3 is 14.2 Å². The van der Waals surface area contributed by atoms with Gasteiger partial charge in [0.15, 0.2) is 11.5 Å². The van der Waals surface area contributed by atoms with Crippen LogP contribution in [0.15, 0.2) is 23.1 Å². The van der Waals surface area contributed by atoms with E-state index in [0.29, 0.717) is 50.9 Å². The first kappa shape index (κ1) is 18.9. The second-order valence-electron chi connectivity index (χ2n) is 6.52. The molecule has 2 aliphatic heterocycles. The van der Waals surface area contributed by atoms with Crippen molar-refractivity contribution in [1.29, 1.82) is 0 Å². The van der Waals surface area contributed by atoms with Crippen LogP contribution >= 0.6 is 0 Å². The Balaban J connectivity index is 1.62. The lowest BCUT2D eigenvalue weighted by molar-refractivity contribution is -0.148. The van der Waals surface area contributed by atoms with Gasteiger partial charge in [0, 0.05) is 32.2 Å². The summed E-state index contributed by atoms with van der Waals surface area (Å²) >= 11 is 0. The minimum atomic E-state index is -3.61. The number of carbonyl (C=O) groups excluding carboxylic acids is 1. The fourth-order valence-electron chi connectivity index (χ4n) is 2.94. The van der Waals surface area contributed by atoms with E-state index < -0.39 is 10.0 Å². The fourth-order valence-corrected chi connectivity index (χ4v) is 4.38. The van der Waals surface area contributed by atoms with Crippen LogP contribution in [0.2, 0.25) is 0 Å². The van der Waals surface area contributed by atoms with Gasteiger partial charge in [0.05, 0.1) is 17.5 Å². The molecule has 0 atom stereocenters. The maximum absolute atomic E-state index is 12.9. The molecule has 26 heavy (non-hydrogen) atoms. The molecule has 0 N–H and O–H groups in total. The first-order valence-electron chi connectivity index (χ1n) is 8.68. The average molecular weight is 384 g/mol. The van der Waals surface area contributed by atoms with E-state index in [9.17, 15) is 13.2 Å². The Labute approximate surface area is 153 Å². The third-order valence-electron chi connectivity index (χ3n) is 4.20. The number of benzene rings is 1. The van der Waals surface area contributed by atoms with Gasteiger partial charge >= 0.3 is 5.97 Å². The molecule has 0 saturated carbocycles. The summed E-state index contributed by atoms with van der Waals surface area (Å²) in [6.07, 6.45) is -0.153. The highest BCUT2D eigenvalue weighted by molar-refractivity contribution is 7.89. The smallest absolute Gasteiger partial charge is 0.320 e. The van der Waals surface area contributed by atoms with Crippen molar-refractivity contribution in [2.75, 3.05) is 45.9 Å². The molecule has 0 unspecified atom stereocenters. The number of carbonyl (C=O) groups is 1. The number of hydrogen-bond donors (Lipinski definition) is 0. The summed E-state index contributed by atoms with van der Waals surface area (Å²) in [7, 11) is -3.61. The minimum absolute atomic E-state index is 0.153. The van der Waals surface area contributed by atoms with E-state index in [2.05, 4.69) is 0 Å². The largest absolute Gasteiger partial charge is 0.486 e. The highest BCUT2D eigenvalue weighted by Crippen LogP contribution is 2.33. The van der Waals surface area contributed by atoms with Crippen molar-refractivity contribution >= 4 is 16.0 Å². The van der Waals surface area contributed by atoms with Crippen LogP contribution in [0.1, 0.15) is 13.8 Å². The Morgan fingerprint density at radius 3 is 2.42 bits per heavy atom. The second-order valence-corrected chi connectivity index (χ2v) is 8.46. The van der Waals surface area contributed by atoms with Crippen LogP contribution in [0.4, 0.5) is 0 Å². The first-order valence-corrected chi connectivity index (χ1v) is 10.1. The van der Waals surface area contributed by atoms with E-state index in [-0.39, 0.29) is 23.5 Å². The molecule has 9 heteroatoms. The number of hydrogen-bond acceptors (Lipinski definition) is 7. The van der Waals surface area contributed by atoms with Gasteiger partial charge in [0.2, 0.25) is 10.0 Å². The average Bonchev–Trinajstić information content (AvgIpc) is 2.61. The van der Waals surface area contributed by atoms with Crippen molar-refractivity contribution in [2.24, 2.45) is 0 Å². The summed E-state index contributed by atoms with van der Waals surface area (Å²) in [5, 5.41) is 0. The summed E-state index contributed by atoms with van der Waals surface area (Å²) in [6, 6.07) is 4.67. The number of ether oxygens (including phenoxy) is 3. The van der Waals surface area contributed by atoms with Crippen LogP contribution in [0.25, 0.3) is 0 Å². The molecule has 1 fully saturated rings. The Morgan fingerprint density at radius 2 is 1.77 bits per heavy atom. The Kier molecular flexibility index (Phi) is 5.69. The standard InChI is InChI=1S/C17H24N2O6S/c1-13(2)25-17(20)12-18-5-7-19(8-6-18)26(21,22)14-3-4-15-16(11-14)24-10-9-23-15/h3-4,11,13H,5-10,12H2,1-2H3. The summed E-state index contributed by atoms with van der Waals surface area (Å²) in [6.45, 7) is 6.26. The molecule has 3 rings (SSSR count). The van der Waals surface area contributed by atoms with E-state index in [0.717, 1.165) is 0 Å². The molecule has 0 aromatic heterocycles. The maximum atomic E-state index is 12.9.